The predicted octanol–water partition coefficient (Wildman–Crippen LogP) is 0.289. The molecule has 9 nitrogen and oxygen atoms in total. The fourth-order valence-electron chi connectivity index (χ4n) is 1.54. The van der Waals surface area contributed by atoms with Crippen molar-refractivity contribution in [3.63, 3.8) is 0 Å². The van der Waals surface area contributed by atoms with Gasteiger partial charge >= 0.3 is 5.69 Å². The lowest BCUT2D eigenvalue weighted by atomic mass is 10.6. The van der Waals surface area contributed by atoms with Crippen LogP contribution < -0.4 is 11.0 Å². The molecule has 0 aliphatic rings. The maximum Gasteiger partial charge on any atom is 0.369 e. The molecule has 0 radical (unpaired) electrons. The second-order valence-electron chi connectivity index (χ2n) is 3.96. The van der Waals surface area contributed by atoms with Gasteiger partial charge in [0.05, 0.1) is 0 Å². The molecule has 1 amide bonds. The van der Waals surface area contributed by atoms with Crippen LogP contribution in [-0.2, 0) is 11.3 Å². The van der Waals surface area contributed by atoms with Crippen molar-refractivity contribution in [2.45, 2.75) is 13.5 Å². The molecule has 3 rings (SSSR count). The number of tetrazole rings is 1. The van der Waals surface area contributed by atoms with Crippen molar-refractivity contribution in [3.05, 3.63) is 33.0 Å². The van der Waals surface area contributed by atoms with Crippen LogP contribution in [0, 0.1) is 6.92 Å². The molecular weight excluding hydrogens is 314 g/mol. The van der Waals surface area contributed by atoms with Crippen molar-refractivity contribution in [2.24, 2.45) is 0 Å². The number of anilines is 1. The van der Waals surface area contributed by atoms with Crippen LogP contribution in [0.3, 0.4) is 0 Å². The summed E-state index contributed by atoms with van der Waals surface area (Å²) < 4.78 is 2.13. The van der Waals surface area contributed by atoms with Crippen molar-refractivity contribution < 1.29 is 4.79 Å². The van der Waals surface area contributed by atoms with Gasteiger partial charge in [-0.1, -0.05) is 11.3 Å². The molecule has 11 heteroatoms. The minimum atomic E-state index is -0.471. The quantitative estimate of drug-likeness (QED) is 0.739. The molecule has 0 bridgehead atoms. The summed E-state index contributed by atoms with van der Waals surface area (Å²) in [6.07, 6.45) is 0. The minimum Gasteiger partial charge on any atom is -0.299 e. The van der Waals surface area contributed by atoms with E-state index in [-0.39, 0.29) is 6.54 Å². The summed E-state index contributed by atoms with van der Waals surface area (Å²) in [6, 6.07) is 3.55. The van der Waals surface area contributed by atoms with E-state index >= 15 is 0 Å². The Labute approximate surface area is 125 Å². The molecule has 0 aliphatic carbocycles. The summed E-state index contributed by atoms with van der Waals surface area (Å²) in [7, 11) is 0. The maximum absolute atomic E-state index is 12.1. The Bertz CT molecular complexity index is 817. The van der Waals surface area contributed by atoms with Gasteiger partial charge in [0, 0.05) is 0 Å². The van der Waals surface area contributed by atoms with Gasteiger partial charge < -0.3 is 0 Å². The Morgan fingerprint density at radius 3 is 2.90 bits per heavy atom. The van der Waals surface area contributed by atoms with E-state index in [4.69, 9.17) is 0 Å². The summed E-state index contributed by atoms with van der Waals surface area (Å²) in [4.78, 5) is 23.9. The number of thiophene rings is 1. The molecule has 108 valence electrons. The summed E-state index contributed by atoms with van der Waals surface area (Å²) in [5.41, 5.74) is -0.471. The zero-order valence-corrected chi connectivity index (χ0v) is 12.4. The van der Waals surface area contributed by atoms with Gasteiger partial charge in [-0.2, -0.15) is 9.36 Å². The third-order valence-corrected chi connectivity index (χ3v) is 4.02. The molecule has 0 aliphatic heterocycles. The molecule has 0 saturated heterocycles. The Balaban J connectivity index is 1.74. The zero-order valence-electron chi connectivity index (χ0n) is 10.8. The number of amides is 1. The normalized spacial score (nSPS) is 10.7. The highest BCUT2D eigenvalue weighted by Crippen LogP contribution is 2.13. The van der Waals surface area contributed by atoms with Crippen LogP contribution in [-0.4, -0.2) is 35.9 Å². The predicted molar refractivity (Wildman–Crippen MR) is 76.8 cm³/mol. The number of nitrogens with zero attached hydrogens (tertiary/aromatic N) is 6. The highest BCUT2D eigenvalue weighted by atomic mass is 32.1. The molecule has 0 saturated carbocycles. The first-order chi connectivity index (χ1) is 10.1. The third-order valence-electron chi connectivity index (χ3n) is 2.42. The number of hydrogen-bond acceptors (Lipinski definition) is 8. The van der Waals surface area contributed by atoms with Crippen molar-refractivity contribution in [2.75, 3.05) is 5.32 Å². The Hall–Kier alpha value is -2.40. The van der Waals surface area contributed by atoms with Crippen LogP contribution in [0.1, 0.15) is 5.01 Å². The highest BCUT2D eigenvalue weighted by molar-refractivity contribution is 7.15. The van der Waals surface area contributed by atoms with Crippen LogP contribution >= 0.6 is 22.7 Å². The number of rotatable bonds is 4. The SMILES string of the molecule is Cc1nnc(NC(=O)Cn2nnn(-c3cccs3)c2=O)s1. The van der Waals surface area contributed by atoms with Gasteiger partial charge in [0.15, 0.2) is 0 Å². The second kappa shape index (κ2) is 5.54. The molecular formula is C10H9N7O2S2. The zero-order chi connectivity index (χ0) is 14.8. The molecule has 1 N–H and O–H groups in total. The van der Waals surface area contributed by atoms with Gasteiger partial charge in [-0.3, -0.25) is 10.1 Å². The fourth-order valence-corrected chi connectivity index (χ4v) is 2.82. The van der Waals surface area contributed by atoms with Crippen LogP contribution in [0.5, 0.6) is 0 Å². The van der Waals surface area contributed by atoms with Crippen molar-refractivity contribution in [3.8, 4) is 5.00 Å². The fraction of sp³-hybridized carbons (Fsp3) is 0.200. The summed E-state index contributed by atoms with van der Waals surface area (Å²) in [5, 5.41) is 21.1. The molecule has 0 atom stereocenters. The Morgan fingerprint density at radius 1 is 1.38 bits per heavy atom. The Morgan fingerprint density at radius 2 is 2.24 bits per heavy atom. The first kappa shape index (κ1) is 13.6. The largest absolute Gasteiger partial charge is 0.369 e. The van der Waals surface area contributed by atoms with E-state index in [1.807, 2.05) is 5.38 Å². The summed E-state index contributed by atoms with van der Waals surface area (Å²) >= 11 is 2.61. The minimum absolute atomic E-state index is 0.233. The van der Waals surface area contributed by atoms with Crippen LogP contribution in [0.25, 0.3) is 5.00 Å². The van der Waals surface area contributed by atoms with Gasteiger partial charge in [0.25, 0.3) is 0 Å². The van der Waals surface area contributed by atoms with E-state index in [9.17, 15) is 9.59 Å². The topological polar surface area (TPSA) is 108 Å². The monoisotopic (exact) mass is 323 g/mol. The van der Waals surface area contributed by atoms with Gasteiger partial charge in [0.2, 0.25) is 11.0 Å². The standard InChI is InChI=1S/C10H9N7O2S2/c1-6-12-13-9(21-6)11-7(18)5-16-10(19)17(15-14-16)8-3-2-4-20-8/h2-4H,5H2,1H3,(H,11,13,18). The van der Waals surface area contributed by atoms with Gasteiger partial charge in [0.1, 0.15) is 16.6 Å². The molecule has 3 aromatic heterocycles. The number of carbonyl (C=O) groups excluding carboxylic acids is 1. The average Bonchev–Trinajstić information content (AvgIpc) is 3.14. The lowest BCUT2D eigenvalue weighted by Crippen LogP contribution is -2.29. The molecule has 3 aromatic rings. The molecule has 0 unspecified atom stereocenters. The average molecular weight is 323 g/mol. The van der Waals surface area contributed by atoms with E-state index in [0.29, 0.717) is 10.1 Å². The molecule has 0 spiro atoms. The number of aryl methyl sites for hydroxylation is 1. The lowest BCUT2D eigenvalue weighted by Gasteiger charge is -1.98. The first-order valence-corrected chi connectivity index (χ1v) is 7.50. The molecule has 0 aromatic carbocycles. The van der Waals surface area contributed by atoms with Gasteiger partial charge in [-0.15, -0.1) is 21.5 Å². The Kier molecular flexibility index (Phi) is 3.58. The van der Waals surface area contributed by atoms with Gasteiger partial charge in [-0.25, -0.2) is 4.79 Å². The second-order valence-corrected chi connectivity index (χ2v) is 6.06. The highest BCUT2D eigenvalue weighted by Gasteiger charge is 2.13. The van der Waals surface area contributed by atoms with E-state index < -0.39 is 11.6 Å². The van der Waals surface area contributed by atoms with E-state index in [1.165, 1.54) is 22.7 Å². The molecule has 3 heterocycles. The van der Waals surface area contributed by atoms with E-state index in [2.05, 4.69) is 25.9 Å². The van der Waals surface area contributed by atoms with Crippen molar-refractivity contribution in [1.29, 1.82) is 0 Å². The van der Waals surface area contributed by atoms with Crippen LogP contribution in [0.4, 0.5) is 5.13 Å². The number of carbonyl (C=O) groups is 1. The maximum atomic E-state index is 12.1. The number of aromatic nitrogens is 6. The van der Waals surface area contributed by atoms with Crippen LogP contribution in [0.15, 0.2) is 22.3 Å². The van der Waals surface area contributed by atoms with Crippen LogP contribution in [0.2, 0.25) is 0 Å². The number of hydrogen-bond donors (Lipinski definition) is 1. The van der Waals surface area contributed by atoms with Crippen molar-refractivity contribution in [1.82, 2.24) is 30.0 Å². The van der Waals surface area contributed by atoms with Crippen molar-refractivity contribution >= 4 is 33.7 Å². The molecule has 0 fully saturated rings. The summed E-state index contributed by atoms with van der Waals surface area (Å²) in [5.74, 6) is -0.411. The smallest absolute Gasteiger partial charge is 0.299 e. The first-order valence-electron chi connectivity index (χ1n) is 5.80. The summed E-state index contributed by atoms with van der Waals surface area (Å²) in [6.45, 7) is 1.55. The van der Waals surface area contributed by atoms with E-state index in [0.717, 1.165) is 14.4 Å². The lowest BCUT2D eigenvalue weighted by molar-refractivity contribution is -0.117. The van der Waals surface area contributed by atoms with E-state index in [1.54, 1.807) is 19.1 Å². The number of nitrogens with one attached hydrogen (secondary N) is 1. The van der Waals surface area contributed by atoms with Gasteiger partial charge in [-0.05, 0) is 34.9 Å². The molecule has 21 heavy (non-hydrogen) atoms. The third kappa shape index (κ3) is 2.87.